The van der Waals surface area contributed by atoms with Crippen LogP contribution in [0.3, 0.4) is 0 Å². The summed E-state index contributed by atoms with van der Waals surface area (Å²) in [5.41, 5.74) is 5.79. The summed E-state index contributed by atoms with van der Waals surface area (Å²) in [4.78, 5) is 3.88. The Labute approximate surface area is 68.1 Å². The van der Waals surface area contributed by atoms with E-state index in [9.17, 15) is 0 Å². The number of rotatable bonds is 1. The first kappa shape index (κ1) is 8.37. The SMILES string of the molecule is CN=C(N)NC1(C)CCCC1. The minimum absolute atomic E-state index is 0.212. The second-order valence-electron chi connectivity index (χ2n) is 3.50. The Kier molecular flexibility index (Phi) is 2.37. The molecule has 1 saturated carbocycles. The quantitative estimate of drug-likeness (QED) is 0.436. The number of nitrogens with zero attached hydrogens (tertiary/aromatic N) is 1. The average molecular weight is 155 g/mol. The van der Waals surface area contributed by atoms with Gasteiger partial charge in [0.1, 0.15) is 0 Å². The summed E-state index contributed by atoms with van der Waals surface area (Å²) < 4.78 is 0. The Hall–Kier alpha value is -0.730. The Morgan fingerprint density at radius 1 is 1.45 bits per heavy atom. The molecule has 0 bridgehead atoms. The van der Waals surface area contributed by atoms with E-state index in [1.54, 1.807) is 7.05 Å². The number of nitrogens with one attached hydrogen (secondary N) is 1. The third kappa shape index (κ3) is 2.10. The van der Waals surface area contributed by atoms with Crippen molar-refractivity contribution in [3.63, 3.8) is 0 Å². The van der Waals surface area contributed by atoms with E-state index in [4.69, 9.17) is 5.73 Å². The second-order valence-corrected chi connectivity index (χ2v) is 3.50. The summed E-state index contributed by atoms with van der Waals surface area (Å²) in [6.45, 7) is 2.21. The van der Waals surface area contributed by atoms with Crippen molar-refractivity contribution in [1.29, 1.82) is 0 Å². The van der Waals surface area contributed by atoms with Gasteiger partial charge >= 0.3 is 0 Å². The van der Waals surface area contributed by atoms with Crippen LogP contribution in [0.1, 0.15) is 32.6 Å². The lowest BCUT2D eigenvalue weighted by atomic mass is 10.0. The third-order valence-corrected chi connectivity index (χ3v) is 2.38. The first-order valence-electron chi connectivity index (χ1n) is 4.17. The Balaban J connectivity index is 2.46. The van der Waals surface area contributed by atoms with Gasteiger partial charge < -0.3 is 11.1 Å². The van der Waals surface area contributed by atoms with Crippen LogP contribution in [-0.2, 0) is 0 Å². The van der Waals surface area contributed by atoms with Crippen molar-refractivity contribution in [2.75, 3.05) is 7.05 Å². The van der Waals surface area contributed by atoms with Crippen molar-refractivity contribution >= 4 is 5.96 Å². The minimum atomic E-state index is 0.212. The van der Waals surface area contributed by atoms with Crippen LogP contribution in [0.2, 0.25) is 0 Å². The summed E-state index contributed by atoms with van der Waals surface area (Å²) in [5, 5.41) is 3.23. The molecule has 0 atom stereocenters. The molecule has 0 saturated heterocycles. The zero-order valence-corrected chi connectivity index (χ0v) is 7.35. The molecule has 1 aliphatic rings. The lowest BCUT2D eigenvalue weighted by Gasteiger charge is -2.25. The van der Waals surface area contributed by atoms with Crippen LogP contribution in [0.15, 0.2) is 4.99 Å². The lowest BCUT2D eigenvalue weighted by Crippen LogP contribution is -2.47. The average Bonchev–Trinajstić information content (AvgIpc) is 2.36. The van der Waals surface area contributed by atoms with E-state index < -0.39 is 0 Å². The highest BCUT2D eigenvalue weighted by atomic mass is 15.1. The summed E-state index contributed by atoms with van der Waals surface area (Å²) in [6, 6.07) is 0. The molecular formula is C8H17N3. The Morgan fingerprint density at radius 2 is 2.00 bits per heavy atom. The molecule has 0 aromatic heterocycles. The van der Waals surface area contributed by atoms with E-state index in [-0.39, 0.29) is 5.54 Å². The fraction of sp³-hybridized carbons (Fsp3) is 0.875. The van der Waals surface area contributed by atoms with E-state index in [2.05, 4.69) is 17.2 Å². The van der Waals surface area contributed by atoms with Crippen LogP contribution >= 0.6 is 0 Å². The molecule has 11 heavy (non-hydrogen) atoms. The van der Waals surface area contributed by atoms with Crippen LogP contribution < -0.4 is 11.1 Å². The van der Waals surface area contributed by atoms with Crippen molar-refractivity contribution in [2.45, 2.75) is 38.1 Å². The Bertz CT molecular complexity index is 157. The van der Waals surface area contributed by atoms with Crippen LogP contribution in [0.4, 0.5) is 0 Å². The van der Waals surface area contributed by atoms with Gasteiger partial charge in [0.25, 0.3) is 0 Å². The maximum Gasteiger partial charge on any atom is 0.188 e. The van der Waals surface area contributed by atoms with Gasteiger partial charge in [0, 0.05) is 12.6 Å². The van der Waals surface area contributed by atoms with E-state index in [1.165, 1.54) is 25.7 Å². The number of hydrogen-bond acceptors (Lipinski definition) is 1. The monoisotopic (exact) mass is 155 g/mol. The largest absolute Gasteiger partial charge is 0.370 e. The molecule has 0 aliphatic heterocycles. The zero-order valence-electron chi connectivity index (χ0n) is 7.35. The maximum absolute atomic E-state index is 5.58. The van der Waals surface area contributed by atoms with Gasteiger partial charge in [0.05, 0.1) is 0 Å². The van der Waals surface area contributed by atoms with E-state index >= 15 is 0 Å². The molecule has 0 amide bonds. The topological polar surface area (TPSA) is 50.4 Å². The normalized spacial score (nSPS) is 23.6. The van der Waals surface area contributed by atoms with Crippen LogP contribution in [0.5, 0.6) is 0 Å². The molecule has 3 nitrogen and oxygen atoms in total. The number of nitrogens with two attached hydrogens (primary N) is 1. The lowest BCUT2D eigenvalue weighted by molar-refractivity contribution is 0.430. The van der Waals surface area contributed by atoms with E-state index in [1.807, 2.05) is 0 Å². The van der Waals surface area contributed by atoms with Crippen molar-refractivity contribution in [3.05, 3.63) is 0 Å². The molecule has 1 fully saturated rings. The minimum Gasteiger partial charge on any atom is -0.370 e. The fourth-order valence-electron chi connectivity index (χ4n) is 1.65. The molecule has 0 heterocycles. The maximum atomic E-state index is 5.58. The first-order valence-corrected chi connectivity index (χ1v) is 4.17. The van der Waals surface area contributed by atoms with Gasteiger partial charge in [-0.15, -0.1) is 0 Å². The standard InChI is InChI=1S/C8H17N3/c1-8(5-3-4-6-8)11-7(9)10-2/h3-6H2,1-2H3,(H3,9,10,11). The predicted molar refractivity (Wildman–Crippen MR) is 47.6 cm³/mol. The van der Waals surface area contributed by atoms with Crippen LogP contribution in [-0.4, -0.2) is 18.5 Å². The third-order valence-electron chi connectivity index (χ3n) is 2.38. The van der Waals surface area contributed by atoms with E-state index in [0.717, 1.165) is 0 Å². The molecule has 3 N–H and O–H groups in total. The molecule has 0 radical (unpaired) electrons. The molecule has 0 unspecified atom stereocenters. The molecule has 0 aromatic carbocycles. The first-order chi connectivity index (χ1) is 5.16. The Morgan fingerprint density at radius 3 is 2.45 bits per heavy atom. The van der Waals surface area contributed by atoms with Crippen molar-refractivity contribution < 1.29 is 0 Å². The smallest absolute Gasteiger partial charge is 0.188 e. The van der Waals surface area contributed by atoms with Gasteiger partial charge in [-0.1, -0.05) is 12.8 Å². The van der Waals surface area contributed by atoms with Gasteiger partial charge in [0.15, 0.2) is 5.96 Å². The highest BCUT2D eigenvalue weighted by Gasteiger charge is 2.28. The summed E-state index contributed by atoms with van der Waals surface area (Å²) in [7, 11) is 1.71. The van der Waals surface area contributed by atoms with Crippen LogP contribution in [0.25, 0.3) is 0 Å². The van der Waals surface area contributed by atoms with Crippen molar-refractivity contribution in [3.8, 4) is 0 Å². The molecule has 64 valence electrons. The molecule has 1 aliphatic carbocycles. The number of aliphatic imine (C=N–C) groups is 1. The van der Waals surface area contributed by atoms with E-state index in [0.29, 0.717) is 5.96 Å². The zero-order chi connectivity index (χ0) is 8.32. The molecule has 0 spiro atoms. The summed E-state index contributed by atoms with van der Waals surface area (Å²) in [6.07, 6.45) is 5.04. The van der Waals surface area contributed by atoms with Crippen LogP contribution in [0, 0.1) is 0 Å². The van der Waals surface area contributed by atoms with Gasteiger partial charge in [-0.25, -0.2) is 0 Å². The number of hydrogen-bond donors (Lipinski definition) is 2. The number of guanidine groups is 1. The van der Waals surface area contributed by atoms with Gasteiger partial charge in [-0.2, -0.15) is 0 Å². The van der Waals surface area contributed by atoms with Crippen molar-refractivity contribution in [2.24, 2.45) is 10.7 Å². The van der Waals surface area contributed by atoms with Gasteiger partial charge in [0.2, 0.25) is 0 Å². The predicted octanol–water partition coefficient (Wildman–Crippen LogP) is 0.853. The highest BCUT2D eigenvalue weighted by molar-refractivity contribution is 5.78. The van der Waals surface area contributed by atoms with Crippen molar-refractivity contribution in [1.82, 2.24) is 5.32 Å². The highest BCUT2D eigenvalue weighted by Crippen LogP contribution is 2.28. The van der Waals surface area contributed by atoms with Gasteiger partial charge in [-0.05, 0) is 19.8 Å². The fourth-order valence-corrected chi connectivity index (χ4v) is 1.65. The molecular weight excluding hydrogens is 138 g/mol. The molecule has 3 heteroatoms. The molecule has 1 rings (SSSR count). The van der Waals surface area contributed by atoms with Gasteiger partial charge in [-0.3, -0.25) is 4.99 Å². The second kappa shape index (κ2) is 3.11. The summed E-state index contributed by atoms with van der Waals surface area (Å²) in [5.74, 6) is 0.564. The molecule has 0 aromatic rings. The summed E-state index contributed by atoms with van der Waals surface area (Å²) >= 11 is 0.